The molecule has 0 saturated carbocycles. The fourth-order valence-corrected chi connectivity index (χ4v) is 8.44. The molecule has 9 aromatic carbocycles. The van der Waals surface area contributed by atoms with Gasteiger partial charge in [-0.3, -0.25) is 0 Å². The van der Waals surface area contributed by atoms with Crippen molar-refractivity contribution in [3.05, 3.63) is 206 Å². The molecule has 0 atom stereocenters. The minimum atomic E-state index is 0.612. The fraction of sp³-hybridized carbons (Fsp3) is 0. The van der Waals surface area contributed by atoms with E-state index in [0.29, 0.717) is 17.5 Å². The van der Waals surface area contributed by atoms with Crippen LogP contribution in [0.4, 0.5) is 0 Å². The van der Waals surface area contributed by atoms with Crippen LogP contribution in [0.25, 0.3) is 105 Å². The molecule has 0 amide bonds. The van der Waals surface area contributed by atoms with Gasteiger partial charge in [0.15, 0.2) is 17.5 Å². The van der Waals surface area contributed by atoms with Crippen LogP contribution in [0.1, 0.15) is 0 Å². The molecule has 2 heterocycles. The van der Waals surface area contributed by atoms with Crippen molar-refractivity contribution in [2.45, 2.75) is 0 Å². The minimum Gasteiger partial charge on any atom is -0.309 e. The maximum absolute atomic E-state index is 5.35. The zero-order valence-electron chi connectivity index (χ0n) is 30.9. The highest BCUT2D eigenvalue weighted by Crippen LogP contribution is 2.40. The van der Waals surface area contributed by atoms with E-state index < -0.39 is 0 Å². The smallest absolute Gasteiger partial charge is 0.164 e. The Morgan fingerprint density at radius 3 is 1.40 bits per heavy atom. The van der Waals surface area contributed by atoms with Crippen molar-refractivity contribution >= 4 is 43.4 Å². The van der Waals surface area contributed by atoms with E-state index in [1.54, 1.807) is 0 Å². The SMILES string of the molecule is c1ccc(-c2ccc(-c3nc(-c4cccc5ccccc45)nc(-c4cccc5c(-c6ccccc6)cccc45)n3)cc2-n2c3ccccc3c3ccccc32)cc1. The Kier molecular flexibility index (Phi) is 7.78. The lowest BCUT2D eigenvalue weighted by Crippen LogP contribution is -2.03. The Hall–Kier alpha value is -7.69. The van der Waals surface area contributed by atoms with Gasteiger partial charge in [-0.05, 0) is 56.4 Å². The highest BCUT2D eigenvalue weighted by atomic mass is 15.0. The molecule has 266 valence electrons. The summed E-state index contributed by atoms with van der Waals surface area (Å²) in [6, 6.07) is 72.8. The summed E-state index contributed by atoms with van der Waals surface area (Å²) in [6.45, 7) is 0. The topological polar surface area (TPSA) is 43.6 Å². The number of hydrogen-bond donors (Lipinski definition) is 0. The predicted molar refractivity (Wildman–Crippen MR) is 236 cm³/mol. The van der Waals surface area contributed by atoms with Gasteiger partial charge in [-0.2, -0.15) is 0 Å². The van der Waals surface area contributed by atoms with Crippen molar-refractivity contribution in [1.82, 2.24) is 19.5 Å². The van der Waals surface area contributed by atoms with Gasteiger partial charge in [0.25, 0.3) is 0 Å². The summed E-state index contributed by atoms with van der Waals surface area (Å²) in [7, 11) is 0. The highest BCUT2D eigenvalue weighted by molar-refractivity contribution is 6.10. The second-order valence-electron chi connectivity index (χ2n) is 14.4. The molecule has 0 aliphatic heterocycles. The van der Waals surface area contributed by atoms with Crippen molar-refractivity contribution in [3.63, 3.8) is 0 Å². The van der Waals surface area contributed by atoms with Crippen molar-refractivity contribution < 1.29 is 0 Å². The lowest BCUT2D eigenvalue weighted by Gasteiger charge is -2.17. The van der Waals surface area contributed by atoms with Crippen LogP contribution in [0.3, 0.4) is 0 Å². The summed E-state index contributed by atoms with van der Waals surface area (Å²) < 4.78 is 2.39. The maximum atomic E-state index is 5.35. The van der Waals surface area contributed by atoms with E-state index in [9.17, 15) is 0 Å². The Labute approximate surface area is 330 Å². The third kappa shape index (κ3) is 5.58. The van der Waals surface area contributed by atoms with Crippen molar-refractivity contribution in [2.75, 3.05) is 0 Å². The minimum absolute atomic E-state index is 0.612. The summed E-state index contributed by atoms with van der Waals surface area (Å²) in [5.41, 5.74) is 10.8. The monoisotopic (exact) mass is 726 g/mol. The molecular formula is C53H34N4. The number of rotatable bonds is 6. The summed E-state index contributed by atoms with van der Waals surface area (Å²) in [5, 5.41) is 6.89. The van der Waals surface area contributed by atoms with E-state index in [1.165, 1.54) is 21.9 Å². The van der Waals surface area contributed by atoms with Gasteiger partial charge >= 0.3 is 0 Å². The first-order chi connectivity index (χ1) is 28.3. The van der Waals surface area contributed by atoms with Crippen LogP contribution >= 0.6 is 0 Å². The first-order valence-electron chi connectivity index (χ1n) is 19.3. The zero-order valence-corrected chi connectivity index (χ0v) is 30.9. The van der Waals surface area contributed by atoms with E-state index in [-0.39, 0.29) is 0 Å². The van der Waals surface area contributed by atoms with Crippen molar-refractivity contribution in [2.24, 2.45) is 0 Å². The Morgan fingerprint density at radius 1 is 0.281 bits per heavy atom. The Balaban J connectivity index is 1.19. The van der Waals surface area contributed by atoms with Crippen molar-refractivity contribution in [3.8, 4) is 62.1 Å². The van der Waals surface area contributed by atoms with E-state index in [2.05, 4.69) is 211 Å². The van der Waals surface area contributed by atoms with Gasteiger partial charge < -0.3 is 4.57 Å². The molecule has 4 nitrogen and oxygen atoms in total. The molecule has 0 N–H and O–H groups in total. The van der Waals surface area contributed by atoms with E-state index >= 15 is 0 Å². The average molecular weight is 727 g/mol. The van der Waals surface area contributed by atoms with Crippen LogP contribution in [0.15, 0.2) is 206 Å². The normalized spacial score (nSPS) is 11.5. The molecule has 0 aliphatic rings. The first kappa shape index (κ1) is 32.7. The van der Waals surface area contributed by atoms with Gasteiger partial charge in [0.05, 0.1) is 16.7 Å². The van der Waals surface area contributed by atoms with Crippen LogP contribution in [0.5, 0.6) is 0 Å². The largest absolute Gasteiger partial charge is 0.309 e. The van der Waals surface area contributed by atoms with Crippen LogP contribution < -0.4 is 0 Å². The van der Waals surface area contributed by atoms with Crippen LogP contribution in [-0.4, -0.2) is 19.5 Å². The summed E-state index contributed by atoms with van der Waals surface area (Å²) >= 11 is 0. The molecule has 0 fully saturated rings. The zero-order chi connectivity index (χ0) is 37.7. The van der Waals surface area contributed by atoms with Gasteiger partial charge in [0.2, 0.25) is 0 Å². The summed E-state index contributed by atoms with van der Waals surface area (Å²) in [6.07, 6.45) is 0. The fourth-order valence-electron chi connectivity index (χ4n) is 8.44. The summed E-state index contributed by atoms with van der Waals surface area (Å²) in [4.78, 5) is 16.0. The molecule has 11 rings (SSSR count). The first-order valence-corrected chi connectivity index (χ1v) is 19.3. The molecule has 0 saturated heterocycles. The molecule has 0 unspecified atom stereocenters. The third-order valence-corrected chi connectivity index (χ3v) is 11.1. The van der Waals surface area contributed by atoms with Gasteiger partial charge in [-0.15, -0.1) is 0 Å². The standard InChI is InChI=1S/C53H34N4/c1-3-16-35(17-4-1)39-25-14-27-43-42(39)26-15-29-47(43)53-55-51(54-52(56-53)46-28-13-21-36-20-7-8-22-40(36)46)38-32-33-41(37-18-5-2-6-19-37)50(34-38)57-48-30-11-9-23-44(48)45-24-10-12-31-49(45)57/h1-34H. The number of nitrogens with zero attached hydrogens (tertiary/aromatic N) is 4. The predicted octanol–water partition coefficient (Wildman–Crippen LogP) is 13.6. The molecular weight excluding hydrogens is 693 g/mol. The molecule has 0 bridgehead atoms. The van der Waals surface area contributed by atoms with Gasteiger partial charge in [-0.25, -0.2) is 15.0 Å². The Bertz CT molecular complexity index is 3230. The number of hydrogen-bond acceptors (Lipinski definition) is 3. The van der Waals surface area contributed by atoms with Crippen molar-refractivity contribution in [1.29, 1.82) is 0 Å². The molecule has 2 aromatic heterocycles. The lowest BCUT2D eigenvalue weighted by atomic mass is 9.95. The molecule has 11 aromatic rings. The average Bonchev–Trinajstić information content (AvgIpc) is 3.63. The third-order valence-electron chi connectivity index (χ3n) is 11.1. The molecule has 4 heteroatoms. The molecule has 0 radical (unpaired) electrons. The number of aromatic nitrogens is 4. The summed E-state index contributed by atoms with van der Waals surface area (Å²) in [5.74, 6) is 1.87. The second-order valence-corrected chi connectivity index (χ2v) is 14.4. The Morgan fingerprint density at radius 2 is 0.737 bits per heavy atom. The quantitative estimate of drug-likeness (QED) is 0.171. The molecule has 0 aliphatic carbocycles. The van der Waals surface area contributed by atoms with E-state index in [0.717, 1.165) is 66.1 Å². The number of benzene rings is 9. The second kappa shape index (κ2) is 13.6. The maximum Gasteiger partial charge on any atom is 0.164 e. The van der Waals surface area contributed by atoms with Crippen LogP contribution in [0, 0.1) is 0 Å². The molecule has 57 heavy (non-hydrogen) atoms. The molecule has 0 spiro atoms. The van der Waals surface area contributed by atoms with Gasteiger partial charge in [0, 0.05) is 33.0 Å². The van der Waals surface area contributed by atoms with Gasteiger partial charge in [-0.1, -0.05) is 188 Å². The van der Waals surface area contributed by atoms with Crippen LogP contribution in [-0.2, 0) is 0 Å². The number of fused-ring (bicyclic) bond motifs is 5. The lowest BCUT2D eigenvalue weighted by molar-refractivity contribution is 1.08. The highest BCUT2D eigenvalue weighted by Gasteiger charge is 2.20. The van der Waals surface area contributed by atoms with E-state index in [4.69, 9.17) is 15.0 Å². The van der Waals surface area contributed by atoms with E-state index in [1.807, 2.05) is 0 Å². The van der Waals surface area contributed by atoms with Crippen LogP contribution in [0.2, 0.25) is 0 Å². The van der Waals surface area contributed by atoms with Gasteiger partial charge in [0.1, 0.15) is 0 Å². The number of para-hydroxylation sites is 2.